The lowest BCUT2D eigenvalue weighted by Crippen LogP contribution is -2.46. The molecule has 0 aromatic heterocycles. The van der Waals surface area contributed by atoms with Gasteiger partial charge in [-0.2, -0.15) is 11.8 Å². The van der Waals surface area contributed by atoms with Crippen molar-refractivity contribution in [1.82, 2.24) is 10.6 Å². The van der Waals surface area contributed by atoms with Gasteiger partial charge >= 0.3 is 0 Å². The maximum atomic E-state index is 12.7. The molecule has 156 valence electrons. The van der Waals surface area contributed by atoms with Crippen LogP contribution in [0.5, 0.6) is 11.5 Å². The third-order valence-electron chi connectivity index (χ3n) is 4.43. The number of aryl methyl sites for hydroxylation is 1. The number of thioether (sulfide) groups is 1. The number of amides is 2. The molecule has 2 aromatic carbocycles. The summed E-state index contributed by atoms with van der Waals surface area (Å²) in [4.78, 5) is 25.3. The monoisotopic (exact) mass is 416 g/mol. The minimum atomic E-state index is -0.601. The van der Waals surface area contributed by atoms with Gasteiger partial charge in [0, 0.05) is 12.1 Å². The first kappa shape index (κ1) is 22.6. The van der Waals surface area contributed by atoms with E-state index in [-0.39, 0.29) is 11.8 Å². The zero-order chi connectivity index (χ0) is 21.2. The molecule has 1 atom stereocenters. The van der Waals surface area contributed by atoms with Crippen LogP contribution in [-0.2, 0) is 11.3 Å². The minimum Gasteiger partial charge on any atom is -0.493 e. The standard InChI is InChI=1S/C22H28N2O4S/c1-15-6-5-7-17(12-15)21(25)24-18(10-11-29-4)22(26)23-14-16-8-9-19(27-2)20(13-16)28-3/h5-9,12-13,18H,10-11,14H2,1-4H3,(H,23,26)(H,24,25)/t18-/m1/s1. The lowest BCUT2D eigenvalue weighted by Gasteiger charge is -2.19. The Bertz CT molecular complexity index is 841. The first-order valence-corrected chi connectivity index (χ1v) is 10.7. The summed E-state index contributed by atoms with van der Waals surface area (Å²) < 4.78 is 10.5. The van der Waals surface area contributed by atoms with E-state index < -0.39 is 6.04 Å². The van der Waals surface area contributed by atoms with Crippen molar-refractivity contribution in [2.75, 3.05) is 26.2 Å². The second-order valence-corrected chi connectivity index (χ2v) is 7.57. The van der Waals surface area contributed by atoms with Gasteiger partial charge in [0.25, 0.3) is 5.91 Å². The molecule has 2 aromatic rings. The van der Waals surface area contributed by atoms with Crippen LogP contribution >= 0.6 is 11.8 Å². The third kappa shape index (κ3) is 6.71. The Labute approximate surface area is 176 Å². The number of hydrogen-bond acceptors (Lipinski definition) is 5. The minimum absolute atomic E-state index is 0.213. The van der Waals surface area contributed by atoms with Gasteiger partial charge in [-0.15, -0.1) is 0 Å². The molecule has 0 spiro atoms. The Morgan fingerprint density at radius 1 is 1.07 bits per heavy atom. The van der Waals surface area contributed by atoms with Crippen molar-refractivity contribution in [2.24, 2.45) is 0 Å². The molecule has 0 fully saturated rings. The highest BCUT2D eigenvalue weighted by atomic mass is 32.2. The van der Waals surface area contributed by atoms with E-state index in [2.05, 4.69) is 10.6 Å². The van der Waals surface area contributed by atoms with Gasteiger partial charge in [-0.1, -0.05) is 23.8 Å². The normalized spacial score (nSPS) is 11.4. The van der Waals surface area contributed by atoms with Gasteiger partial charge in [-0.25, -0.2) is 0 Å². The fourth-order valence-electron chi connectivity index (χ4n) is 2.84. The van der Waals surface area contributed by atoms with Crippen molar-refractivity contribution < 1.29 is 19.1 Å². The number of carbonyl (C=O) groups is 2. The van der Waals surface area contributed by atoms with Crippen LogP contribution in [0.25, 0.3) is 0 Å². The first-order valence-electron chi connectivity index (χ1n) is 9.33. The summed E-state index contributed by atoms with van der Waals surface area (Å²) in [5.74, 6) is 1.54. The number of methoxy groups -OCH3 is 2. The quantitative estimate of drug-likeness (QED) is 0.622. The molecule has 29 heavy (non-hydrogen) atoms. The summed E-state index contributed by atoms with van der Waals surface area (Å²) in [6.45, 7) is 2.26. The Morgan fingerprint density at radius 3 is 2.48 bits per heavy atom. The molecular formula is C22H28N2O4S. The van der Waals surface area contributed by atoms with E-state index in [0.29, 0.717) is 30.0 Å². The van der Waals surface area contributed by atoms with Gasteiger partial charge in [-0.3, -0.25) is 9.59 Å². The van der Waals surface area contributed by atoms with Gasteiger partial charge < -0.3 is 20.1 Å². The highest BCUT2D eigenvalue weighted by Crippen LogP contribution is 2.27. The largest absolute Gasteiger partial charge is 0.493 e. The summed E-state index contributed by atoms with van der Waals surface area (Å²) in [5, 5.41) is 5.77. The molecule has 0 saturated carbocycles. The molecule has 2 N–H and O–H groups in total. The summed E-state index contributed by atoms with van der Waals surface area (Å²) in [6.07, 6.45) is 2.53. The fourth-order valence-corrected chi connectivity index (χ4v) is 3.31. The van der Waals surface area contributed by atoms with Crippen LogP contribution < -0.4 is 20.1 Å². The fraction of sp³-hybridized carbons (Fsp3) is 0.364. The Hall–Kier alpha value is -2.67. The molecule has 0 aliphatic rings. The number of carbonyl (C=O) groups excluding carboxylic acids is 2. The number of nitrogens with one attached hydrogen (secondary N) is 2. The van der Waals surface area contributed by atoms with Crippen molar-refractivity contribution in [2.45, 2.75) is 25.9 Å². The van der Waals surface area contributed by atoms with Crippen molar-refractivity contribution in [3.05, 3.63) is 59.2 Å². The second-order valence-electron chi connectivity index (χ2n) is 6.58. The van der Waals surface area contributed by atoms with Crippen molar-refractivity contribution in [3.63, 3.8) is 0 Å². The zero-order valence-electron chi connectivity index (χ0n) is 17.3. The van der Waals surface area contributed by atoms with E-state index in [1.54, 1.807) is 38.1 Å². The topological polar surface area (TPSA) is 76.7 Å². The first-order chi connectivity index (χ1) is 14.0. The van der Waals surface area contributed by atoms with E-state index in [9.17, 15) is 9.59 Å². The summed E-state index contributed by atoms with van der Waals surface area (Å²) >= 11 is 1.63. The van der Waals surface area contributed by atoms with E-state index in [1.807, 2.05) is 43.5 Å². The van der Waals surface area contributed by atoms with Gasteiger partial charge in [0.15, 0.2) is 11.5 Å². The van der Waals surface area contributed by atoms with E-state index in [4.69, 9.17) is 9.47 Å². The Balaban J connectivity index is 2.03. The Kier molecular flexibility index (Phi) is 8.86. The summed E-state index contributed by atoms with van der Waals surface area (Å²) in [5.41, 5.74) is 2.42. The maximum Gasteiger partial charge on any atom is 0.251 e. The van der Waals surface area contributed by atoms with Crippen molar-refractivity contribution in [1.29, 1.82) is 0 Å². The highest BCUT2D eigenvalue weighted by Gasteiger charge is 2.21. The molecule has 0 aliphatic heterocycles. The predicted molar refractivity (Wildman–Crippen MR) is 117 cm³/mol. The SMILES string of the molecule is COc1ccc(CNC(=O)[C@@H](CCSC)NC(=O)c2cccc(C)c2)cc1OC. The molecule has 2 rings (SSSR count). The van der Waals surface area contributed by atoms with Crippen LogP contribution in [0.4, 0.5) is 0 Å². The summed E-state index contributed by atoms with van der Waals surface area (Å²) in [7, 11) is 3.14. The molecule has 7 heteroatoms. The lowest BCUT2D eigenvalue weighted by molar-refractivity contribution is -0.123. The number of hydrogen-bond donors (Lipinski definition) is 2. The van der Waals surface area contributed by atoms with Crippen LogP contribution in [-0.4, -0.2) is 44.1 Å². The summed E-state index contributed by atoms with van der Waals surface area (Å²) in [6, 6.07) is 12.2. The predicted octanol–water partition coefficient (Wildman–Crippen LogP) is 3.18. The highest BCUT2D eigenvalue weighted by molar-refractivity contribution is 7.98. The van der Waals surface area contributed by atoms with Crippen LogP contribution in [0, 0.1) is 6.92 Å². The maximum absolute atomic E-state index is 12.7. The van der Waals surface area contributed by atoms with Gasteiger partial charge in [0.1, 0.15) is 6.04 Å². The molecule has 0 heterocycles. The van der Waals surface area contributed by atoms with Crippen LogP contribution in [0.3, 0.4) is 0 Å². The van der Waals surface area contributed by atoms with Crippen LogP contribution in [0.1, 0.15) is 27.9 Å². The van der Waals surface area contributed by atoms with Crippen LogP contribution in [0.15, 0.2) is 42.5 Å². The number of rotatable bonds is 10. The van der Waals surface area contributed by atoms with Gasteiger partial charge in [0.2, 0.25) is 5.91 Å². The average Bonchev–Trinajstić information content (AvgIpc) is 2.74. The van der Waals surface area contributed by atoms with E-state index in [1.165, 1.54) is 0 Å². The molecule has 0 radical (unpaired) electrons. The molecular weight excluding hydrogens is 388 g/mol. The molecule has 0 unspecified atom stereocenters. The third-order valence-corrected chi connectivity index (χ3v) is 5.07. The number of ether oxygens (including phenoxy) is 2. The average molecular weight is 417 g/mol. The smallest absolute Gasteiger partial charge is 0.251 e. The van der Waals surface area contributed by atoms with E-state index in [0.717, 1.165) is 16.9 Å². The zero-order valence-corrected chi connectivity index (χ0v) is 18.1. The molecule has 0 saturated heterocycles. The molecule has 6 nitrogen and oxygen atoms in total. The molecule has 0 aliphatic carbocycles. The van der Waals surface area contributed by atoms with Crippen molar-refractivity contribution in [3.8, 4) is 11.5 Å². The van der Waals surface area contributed by atoms with E-state index >= 15 is 0 Å². The van der Waals surface area contributed by atoms with Crippen LogP contribution in [0.2, 0.25) is 0 Å². The number of benzene rings is 2. The second kappa shape index (κ2) is 11.4. The van der Waals surface area contributed by atoms with Gasteiger partial charge in [-0.05, 0) is 55.2 Å². The van der Waals surface area contributed by atoms with Gasteiger partial charge in [0.05, 0.1) is 14.2 Å². The molecule has 2 amide bonds. The molecule has 0 bridgehead atoms. The lowest BCUT2D eigenvalue weighted by atomic mass is 10.1. The Morgan fingerprint density at radius 2 is 1.83 bits per heavy atom. The van der Waals surface area contributed by atoms with Crippen molar-refractivity contribution >= 4 is 23.6 Å².